The molecule has 1 fully saturated rings. The van der Waals surface area contributed by atoms with Gasteiger partial charge < -0.3 is 11.1 Å². The van der Waals surface area contributed by atoms with Gasteiger partial charge in [-0.2, -0.15) is 0 Å². The fourth-order valence-electron chi connectivity index (χ4n) is 2.49. The number of carbonyl (C=O) groups is 1. The van der Waals surface area contributed by atoms with Gasteiger partial charge in [-0.05, 0) is 49.3 Å². The maximum Gasteiger partial charge on any atom is 0.251 e. The van der Waals surface area contributed by atoms with Crippen molar-refractivity contribution in [1.29, 1.82) is 0 Å². The van der Waals surface area contributed by atoms with Gasteiger partial charge in [-0.15, -0.1) is 0 Å². The van der Waals surface area contributed by atoms with Crippen molar-refractivity contribution in [2.24, 2.45) is 5.41 Å². The number of nitrogens with two attached hydrogens (primary N) is 1. The van der Waals surface area contributed by atoms with Crippen LogP contribution in [-0.2, 0) is 0 Å². The van der Waals surface area contributed by atoms with Crippen molar-refractivity contribution in [2.75, 3.05) is 5.73 Å². The number of hydrogen-bond acceptors (Lipinski definition) is 2. The highest BCUT2D eigenvalue weighted by atomic mass is 16.1. The number of rotatable bonds is 2. The van der Waals surface area contributed by atoms with Crippen LogP contribution in [-0.4, -0.2) is 11.9 Å². The molecule has 1 aromatic rings. The molecule has 1 aromatic carbocycles. The van der Waals surface area contributed by atoms with E-state index in [1.165, 1.54) is 12.8 Å². The number of nitrogen functional groups attached to an aromatic ring is 1. The molecule has 0 aromatic heterocycles. The van der Waals surface area contributed by atoms with Gasteiger partial charge in [0.1, 0.15) is 0 Å². The van der Waals surface area contributed by atoms with Crippen LogP contribution in [0.5, 0.6) is 0 Å². The molecule has 0 atom stereocenters. The second-order valence-electron chi connectivity index (χ2n) is 6.04. The van der Waals surface area contributed by atoms with Crippen molar-refractivity contribution in [3.05, 3.63) is 29.8 Å². The first-order valence-corrected chi connectivity index (χ1v) is 6.63. The van der Waals surface area contributed by atoms with Crippen molar-refractivity contribution in [3.8, 4) is 0 Å². The number of amides is 1. The van der Waals surface area contributed by atoms with Gasteiger partial charge in [0, 0.05) is 17.3 Å². The Morgan fingerprint density at radius 3 is 2.61 bits per heavy atom. The lowest BCUT2D eigenvalue weighted by Crippen LogP contribution is -2.39. The SMILES string of the molecule is CC1(C)CCC(NC(=O)c2cccc(N)c2)CC1. The predicted octanol–water partition coefficient (Wildman–Crippen LogP) is 2.97. The predicted molar refractivity (Wildman–Crippen MR) is 74.4 cm³/mol. The molecule has 0 spiro atoms. The zero-order valence-corrected chi connectivity index (χ0v) is 11.2. The van der Waals surface area contributed by atoms with Crippen LogP contribution in [0.3, 0.4) is 0 Å². The van der Waals surface area contributed by atoms with Gasteiger partial charge in [0.2, 0.25) is 0 Å². The van der Waals surface area contributed by atoms with Crippen LogP contribution < -0.4 is 11.1 Å². The van der Waals surface area contributed by atoms with Crippen LogP contribution in [0, 0.1) is 5.41 Å². The smallest absolute Gasteiger partial charge is 0.251 e. The summed E-state index contributed by atoms with van der Waals surface area (Å²) < 4.78 is 0. The summed E-state index contributed by atoms with van der Waals surface area (Å²) in [4.78, 5) is 12.1. The number of nitrogens with one attached hydrogen (secondary N) is 1. The normalized spacial score (nSPS) is 19.4. The molecule has 0 aliphatic heterocycles. The molecule has 1 aliphatic carbocycles. The van der Waals surface area contributed by atoms with Gasteiger partial charge in [0.05, 0.1) is 0 Å². The molecule has 0 heterocycles. The standard InChI is InChI=1S/C15H22N2O/c1-15(2)8-6-13(7-9-15)17-14(18)11-4-3-5-12(16)10-11/h3-5,10,13H,6-9,16H2,1-2H3,(H,17,18). The minimum absolute atomic E-state index is 0.00740. The molecule has 18 heavy (non-hydrogen) atoms. The van der Waals surface area contributed by atoms with E-state index in [4.69, 9.17) is 5.73 Å². The van der Waals surface area contributed by atoms with E-state index in [1.807, 2.05) is 6.07 Å². The van der Waals surface area contributed by atoms with Crippen molar-refractivity contribution in [2.45, 2.75) is 45.6 Å². The maximum absolute atomic E-state index is 12.1. The third-order valence-electron chi connectivity index (χ3n) is 3.82. The number of benzene rings is 1. The lowest BCUT2D eigenvalue weighted by molar-refractivity contribution is 0.0909. The highest BCUT2D eigenvalue weighted by molar-refractivity contribution is 5.95. The summed E-state index contributed by atoms with van der Waals surface area (Å²) in [6.45, 7) is 4.59. The Bertz CT molecular complexity index is 430. The van der Waals surface area contributed by atoms with Gasteiger partial charge in [0.15, 0.2) is 0 Å². The van der Waals surface area contributed by atoms with E-state index in [2.05, 4.69) is 19.2 Å². The van der Waals surface area contributed by atoms with E-state index in [0.29, 0.717) is 22.7 Å². The molecule has 0 unspecified atom stereocenters. The van der Waals surface area contributed by atoms with Crippen LogP contribution in [0.4, 0.5) is 5.69 Å². The fourth-order valence-corrected chi connectivity index (χ4v) is 2.49. The molecular formula is C15H22N2O. The first-order chi connectivity index (χ1) is 8.46. The molecule has 0 saturated heterocycles. The second-order valence-corrected chi connectivity index (χ2v) is 6.04. The molecular weight excluding hydrogens is 224 g/mol. The average Bonchev–Trinajstić information content (AvgIpc) is 2.32. The van der Waals surface area contributed by atoms with Crippen LogP contribution in [0.2, 0.25) is 0 Å². The molecule has 1 saturated carbocycles. The van der Waals surface area contributed by atoms with Gasteiger partial charge in [0.25, 0.3) is 5.91 Å². The summed E-state index contributed by atoms with van der Waals surface area (Å²) >= 11 is 0. The van der Waals surface area contributed by atoms with Gasteiger partial charge in [-0.3, -0.25) is 4.79 Å². The van der Waals surface area contributed by atoms with E-state index in [-0.39, 0.29) is 5.91 Å². The van der Waals surface area contributed by atoms with E-state index in [1.54, 1.807) is 18.2 Å². The molecule has 2 rings (SSSR count). The van der Waals surface area contributed by atoms with E-state index in [0.717, 1.165) is 12.8 Å². The zero-order valence-electron chi connectivity index (χ0n) is 11.2. The molecule has 0 bridgehead atoms. The first-order valence-electron chi connectivity index (χ1n) is 6.63. The van der Waals surface area contributed by atoms with Crippen LogP contribution >= 0.6 is 0 Å². The van der Waals surface area contributed by atoms with Crippen LogP contribution in [0.1, 0.15) is 49.9 Å². The molecule has 3 N–H and O–H groups in total. The fraction of sp³-hybridized carbons (Fsp3) is 0.533. The third-order valence-corrected chi connectivity index (χ3v) is 3.82. The summed E-state index contributed by atoms with van der Waals surface area (Å²) in [7, 11) is 0. The van der Waals surface area contributed by atoms with Crippen molar-refractivity contribution < 1.29 is 4.79 Å². The largest absolute Gasteiger partial charge is 0.399 e. The minimum atomic E-state index is -0.00740. The lowest BCUT2D eigenvalue weighted by Gasteiger charge is -2.34. The van der Waals surface area contributed by atoms with E-state index >= 15 is 0 Å². The molecule has 98 valence electrons. The Hall–Kier alpha value is -1.51. The van der Waals surface area contributed by atoms with E-state index < -0.39 is 0 Å². The second kappa shape index (κ2) is 5.01. The Labute approximate surface area is 109 Å². The molecule has 1 amide bonds. The van der Waals surface area contributed by atoms with Crippen LogP contribution in [0.25, 0.3) is 0 Å². The number of hydrogen-bond donors (Lipinski definition) is 2. The van der Waals surface area contributed by atoms with Crippen molar-refractivity contribution >= 4 is 11.6 Å². The Morgan fingerprint density at radius 1 is 1.33 bits per heavy atom. The van der Waals surface area contributed by atoms with Gasteiger partial charge >= 0.3 is 0 Å². The summed E-state index contributed by atoms with van der Waals surface area (Å²) in [5.74, 6) is -0.00740. The topological polar surface area (TPSA) is 55.1 Å². The summed E-state index contributed by atoms with van der Waals surface area (Å²) in [6, 6.07) is 7.45. The Kier molecular flexibility index (Phi) is 3.60. The highest BCUT2D eigenvalue weighted by Crippen LogP contribution is 2.35. The molecule has 3 heteroatoms. The lowest BCUT2D eigenvalue weighted by atomic mass is 9.75. The monoisotopic (exact) mass is 246 g/mol. The number of anilines is 1. The summed E-state index contributed by atoms with van der Waals surface area (Å²) in [5.41, 5.74) is 7.40. The molecule has 1 aliphatic rings. The summed E-state index contributed by atoms with van der Waals surface area (Å²) in [5, 5.41) is 3.11. The van der Waals surface area contributed by atoms with Gasteiger partial charge in [-0.1, -0.05) is 19.9 Å². The van der Waals surface area contributed by atoms with Crippen molar-refractivity contribution in [1.82, 2.24) is 5.32 Å². The minimum Gasteiger partial charge on any atom is -0.399 e. The quantitative estimate of drug-likeness (QED) is 0.788. The number of carbonyl (C=O) groups excluding carboxylic acids is 1. The Balaban J connectivity index is 1.93. The molecule has 0 radical (unpaired) electrons. The summed E-state index contributed by atoms with van der Waals surface area (Å²) in [6.07, 6.45) is 4.49. The highest BCUT2D eigenvalue weighted by Gasteiger charge is 2.27. The van der Waals surface area contributed by atoms with Crippen LogP contribution in [0.15, 0.2) is 24.3 Å². The average molecular weight is 246 g/mol. The van der Waals surface area contributed by atoms with E-state index in [9.17, 15) is 4.79 Å². The molecule has 3 nitrogen and oxygen atoms in total. The zero-order chi connectivity index (χ0) is 13.2. The van der Waals surface area contributed by atoms with Gasteiger partial charge in [-0.25, -0.2) is 0 Å². The Morgan fingerprint density at radius 2 is 2.00 bits per heavy atom. The maximum atomic E-state index is 12.1. The van der Waals surface area contributed by atoms with Crippen molar-refractivity contribution in [3.63, 3.8) is 0 Å². The third kappa shape index (κ3) is 3.25. The first kappa shape index (κ1) is 12.9.